The first-order valence-electron chi connectivity index (χ1n) is 7.28. The van der Waals surface area contributed by atoms with Crippen molar-refractivity contribution in [3.05, 3.63) is 47.8 Å². The average Bonchev–Trinajstić information content (AvgIpc) is 3.04. The Bertz CT molecular complexity index is 613. The normalized spacial score (nSPS) is 11.0. The zero-order valence-corrected chi connectivity index (χ0v) is 16.9. The molecule has 0 unspecified atom stereocenters. The number of aromatic nitrogens is 2. The molecule has 2 aromatic rings. The number of hydrogen-bond acceptors (Lipinski definition) is 3. The van der Waals surface area contributed by atoms with Crippen molar-refractivity contribution in [3.63, 3.8) is 0 Å². The monoisotopic (exact) mass is 445 g/mol. The molecule has 0 bridgehead atoms. The smallest absolute Gasteiger partial charge is 0.191 e. The Kier molecular flexibility index (Phi) is 9.08. The van der Waals surface area contributed by atoms with E-state index < -0.39 is 0 Å². The Morgan fingerprint density at radius 2 is 2.17 bits per heavy atom. The maximum Gasteiger partial charge on any atom is 0.191 e. The summed E-state index contributed by atoms with van der Waals surface area (Å²) in [6, 6.07) is 8.46. The zero-order valence-electron chi connectivity index (χ0n) is 13.7. The highest BCUT2D eigenvalue weighted by Crippen LogP contribution is 2.21. The van der Waals surface area contributed by atoms with Crippen LogP contribution < -0.4 is 10.6 Å². The standard InChI is InChI=1S/C16H23N5S.HI/c1-13-5-6-14(15(11-13)22-3)12-19-16(17-2)18-8-10-21-9-4-7-20-21;/h4-7,9,11H,8,10,12H2,1-3H3,(H2,17,18,19);1H. The van der Waals surface area contributed by atoms with Gasteiger partial charge in [0, 0.05) is 37.4 Å². The number of nitrogens with one attached hydrogen (secondary N) is 2. The first kappa shape index (κ1) is 19.8. The second kappa shape index (κ2) is 10.5. The largest absolute Gasteiger partial charge is 0.355 e. The molecule has 0 atom stereocenters. The number of benzene rings is 1. The lowest BCUT2D eigenvalue weighted by molar-refractivity contribution is 0.597. The number of halogens is 1. The Hall–Kier alpha value is -1.22. The molecule has 2 rings (SSSR count). The minimum Gasteiger partial charge on any atom is -0.355 e. The molecular weight excluding hydrogens is 421 g/mol. The summed E-state index contributed by atoms with van der Waals surface area (Å²) in [5.41, 5.74) is 2.57. The van der Waals surface area contributed by atoms with Gasteiger partial charge >= 0.3 is 0 Å². The third kappa shape index (κ3) is 6.42. The molecule has 0 saturated carbocycles. The molecule has 0 spiro atoms. The SMILES string of the molecule is CN=C(NCCn1cccn1)NCc1ccc(C)cc1SC.I. The molecule has 23 heavy (non-hydrogen) atoms. The van der Waals surface area contributed by atoms with Gasteiger partial charge in [-0.1, -0.05) is 12.1 Å². The predicted molar refractivity (Wildman–Crippen MR) is 109 cm³/mol. The molecule has 1 aromatic heterocycles. The molecule has 0 fully saturated rings. The highest BCUT2D eigenvalue weighted by Gasteiger charge is 2.03. The van der Waals surface area contributed by atoms with Crippen LogP contribution in [0.25, 0.3) is 0 Å². The van der Waals surface area contributed by atoms with Crippen LogP contribution in [-0.2, 0) is 13.1 Å². The van der Waals surface area contributed by atoms with Gasteiger partial charge in [0.05, 0.1) is 6.54 Å². The van der Waals surface area contributed by atoms with E-state index in [0.717, 1.165) is 25.6 Å². The van der Waals surface area contributed by atoms with E-state index >= 15 is 0 Å². The molecule has 1 aromatic carbocycles. The molecule has 2 N–H and O–H groups in total. The number of aryl methyl sites for hydroxylation is 1. The van der Waals surface area contributed by atoms with Crippen LogP contribution in [0.1, 0.15) is 11.1 Å². The molecule has 0 aliphatic carbocycles. The molecule has 0 radical (unpaired) electrons. The predicted octanol–water partition coefficient (Wildman–Crippen LogP) is 2.90. The van der Waals surface area contributed by atoms with Crippen molar-refractivity contribution in [2.75, 3.05) is 19.8 Å². The van der Waals surface area contributed by atoms with Crippen molar-refractivity contribution in [2.45, 2.75) is 24.9 Å². The van der Waals surface area contributed by atoms with Gasteiger partial charge in [0.1, 0.15) is 0 Å². The van der Waals surface area contributed by atoms with E-state index in [1.54, 1.807) is 25.0 Å². The lowest BCUT2D eigenvalue weighted by atomic mass is 10.1. The molecule has 7 heteroatoms. The zero-order chi connectivity index (χ0) is 15.8. The Morgan fingerprint density at radius 1 is 1.35 bits per heavy atom. The van der Waals surface area contributed by atoms with Crippen LogP contribution >= 0.6 is 35.7 Å². The third-order valence-corrected chi connectivity index (χ3v) is 4.12. The van der Waals surface area contributed by atoms with Gasteiger partial charge in [-0.25, -0.2) is 0 Å². The minimum atomic E-state index is 0. The fourth-order valence-electron chi connectivity index (χ4n) is 2.12. The van der Waals surface area contributed by atoms with E-state index in [1.807, 2.05) is 16.9 Å². The van der Waals surface area contributed by atoms with Gasteiger partial charge < -0.3 is 10.6 Å². The fraction of sp³-hybridized carbons (Fsp3) is 0.375. The van der Waals surface area contributed by atoms with Gasteiger partial charge in [0.25, 0.3) is 0 Å². The summed E-state index contributed by atoms with van der Waals surface area (Å²) >= 11 is 1.77. The molecular formula is C16H24IN5S. The quantitative estimate of drug-likeness (QED) is 0.311. The van der Waals surface area contributed by atoms with Crippen molar-refractivity contribution in [1.29, 1.82) is 0 Å². The van der Waals surface area contributed by atoms with E-state index in [0.29, 0.717) is 0 Å². The number of guanidine groups is 1. The summed E-state index contributed by atoms with van der Waals surface area (Å²) in [6.07, 6.45) is 5.85. The Labute approximate surface area is 159 Å². The van der Waals surface area contributed by atoms with Gasteiger partial charge in [0.2, 0.25) is 0 Å². The highest BCUT2D eigenvalue weighted by molar-refractivity contribution is 14.0. The number of hydrogen-bond donors (Lipinski definition) is 2. The van der Waals surface area contributed by atoms with E-state index in [-0.39, 0.29) is 24.0 Å². The van der Waals surface area contributed by atoms with Crippen molar-refractivity contribution in [1.82, 2.24) is 20.4 Å². The van der Waals surface area contributed by atoms with Crippen LogP contribution in [0.4, 0.5) is 0 Å². The van der Waals surface area contributed by atoms with Gasteiger partial charge in [-0.15, -0.1) is 35.7 Å². The second-order valence-corrected chi connectivity index (χ2v) is 5.79. The van der Waals surface area contributed by atoms with Crippen LogP contribution in [0.2, 0.25) is 0 Å². The van der Waals surface area contributed by atoms with E-state index in [9.17, 15) is 0 Å². The van der Waals surface area contributed by atoms with Crippen LogP contribution in [-0.4, -0.2) is 35.6 Å². The summed E-state index contributed by atoms with van der Waals surface area (Å²) in [5, 5.41) is 10.8. The molecule has 0 aliphatic rings. The number of aliphatic imine (C=N–C) groups is 1. The van der Waals surface area contributed by atoms with Gasteiger partial charge in [-0.05, 0) is 36.4 Å². The van der Waals surface area contributed by atoms with E-state index in [1.165, 1.54) is 16.0 Å². The van der Waals surface area contributed by atoms with Crippen LogP contribution in [0.15, 0.2) is 46.5 Å². The van der Waals surface area contributed by atoms with Gasteiger partial charge in [0.15, 0.2) is 5.96 Å². The number of nitrogens with zero attached hydrogens (tertiary/aromatic N) is 3. The first-order chi connectivity index (χ1) is 10.7. The van der Waals surface area contributed by atoms with E-state index in [4.69, 9.17) is 0 Å². The molecule has 126 valence electrons. The molecule has 0 saturated heterocycles. The third-order valence-electron chi connectivity index (χ3n) is 3.31. The van der Waals surface area contributed by atoms with Gasteiger partial charge in [-0.3, -0.25) is 9.67 Å². The molecule has 5 nitrogen and oxygen atoms in total. The Morgan fingerprint density at radius 3 is 2.83 bits per heavy atom. The molecule has 0 amide bonds. The summed E-state index contributed by atoms with van der Waals surface area (Å²) in [6.45, 7) is 4.48. The Balaban J connectivity index is 0.00000264. The highest BCUT2D eigenvalue weighted by atomic mass is 127. The first-order valence-corrected chi connectivity index (χ1v) is 8.51. The fourth-order valence-corrected chi connectivity index (χ4v) is 2.83. The number of rotatable bonds is 6. The van der Waals surface area contributed by atoms with Crippen LogP contribution in [0.3, 0.4) is 0 Å². The molecule has 1 heterocycles. The summed E-state index contributed by atoms with van der Waals surface area (Å²) in [4.78, 5) is 5.56. The lowest BCUT2D eigenvalue weighted by Gasteiger charge is -2.14. The van der Waals surface area contributed by atoms with Gasteiger partial charge in [-0.2, -0.15) is 5.10 Å². The maximum atomic E-state index is 4.25. The van der Waals surface area contributed by atoms with Crippen LogP contribution in [0.5, 0.6) is 0 Å². The van der Waals surface area contributed by atoms with Crippen molar-refractivity contribution < 1.29 is 0 Å². The second-order valence-electron chi connectivity index (χ2n) is 4.94. The maximum absolute atomic E-state index is 4.25. The summed E-state index contributed by atoms with van der Waals surface area (Å²) in [7, 11) is 1.79. The van der Waals surface area contributed by atoms with Crippen molar-refractivity contribution >= 4 is 41.7 Å². The van der Waals surface area contributed by atoms with E-state index in [2.05, 4.69) is 52.1 Å². The minimum absolute atomic E-state index is 0. The number of thioether (sulfide) groups is 1. The van der Waals surface area contributed by atoms with Crippen LogP contribution in [0, 0.1) is 6.92 Å². The lowest BCUT2D eigenvalue weighted by Crippen LogP contribution is -2.38. The van der Waals surface area contributed by atoms with Crippen molar-refractivity contribution in [3.8, 4) is 0 Å². The topological polar surface area (TPSA) is 54.2 Å². The summed E-state index contributed by atoms with van der Waals surface area (Å²) < 4.78 is 1.89. The van der Waals surface area contributed by atoms with Crippen molar-refractivity contribution in [2.24, 2.45) is 4.99 Å². The summed E-state index contributed by atoms with van der Waals surface area (Å²) in [5.74, 6) is 0.805. The average molecular weight is 445 g/mol. The molecule has 0 aliphatic heterocycles.